The van der Waals surface area contributed by atoms with E-state index in [4.69, 9.17) is 0 Å². The first kappa shape index (κ1) is 14.9. The van der Waals surface area contributed by atoms with Crippen molar-refractivity contribution in [3.8, 4) is 0 Å². The maximum absolute atomic E-state index is 11.6. The number of nitrogens with one attached hydrogen (secondary N) is 1. The highest BCUT2D eigenvalue weighted by Gasteiger charge is 2.31. The Labute approximate surface area is 119 Å². The second-order valence-corrected chi connectivity index (χ2v) is 8.76. The third kappa shape index (κ3) is 3.77. The molecule has 0 amide bonds. The number of aromatic nitrogens is 1. The zero-order valence-corrected chi connectivity index (χ0v) is 13.4. The van der Waals surface area contributed by atoms with Crippen LogP contribution in [0, 0.1) is 0 Å². The minimum atomic E-state index is -2.83. The number of hydrogen-bond acceptors (Lipinski definition) is 5. The van der Waals surface area contributed by atoms with Crippen molar-refractivity contribution >= 4 is 21.2 Å². The first-order valence-electron chi connectivity index (χ1n) is 6.83. The third-order valence-electron chi connectivity index (χ3n) is 3.38. The van der Waals surface area contributed by atoms with Gasteiger partial charge in [-0.1, -0.05) is 20.8 Å². The highest BCUT2D eigenvalue weighted by molar-refractivity contribution is 7.91. The Balaban J connectivity index is 2.14. The summed E-state index contributed by atoms with van der Waals surface area (Å²) in [4.78, 5) is 5.93. The summed E-state index contributed by atoms with van der Waals surface area (Å²) >= 11 is 1.69. The molecule has 0 saturated carbocycles. The molecule has 0 spiro atoms. The van der Waals surface area contributed by atoms with Gasteiger partial charge in [0.25, 0.3) is 0 Å². The first-order valence-corrected chi connectivity index (χ1v) is 9.47. The van der Waals surface area contributed by atoms with Gasteiger partial charge < -0.3 is 5.32 Å². The van der Waals surface area contributed by atoms with Crippen LogP contribution in [0.25, 0.3) is 0 Å². The Kier molecular flexibility index (Phi) is 4.63. The van der Waals surface area contributed by atoms with E-state index in [1.165, 1.54) is 4.88 Å². The monoisotopic (exact) mass is 302 g/mol. The van der Waals surface area contributed by atoms with Gasteiger partial charge in [-0.25, -0.2) is 13.4 Å². The zero-order chi connectivity index (χ0) is 14.0. The second-order valence-electron chi connectivity index (χ2n) is 5.41. The summed E-state index contributed by atoms with van der Waals surface area (Å²) in [5.41, 5.74) is 1.12. The molecule has 1 N–H and O–H groups in total. The molecular weight excluding hydrogens is 280 g/mol. The fourth-order valence-electron chi connectivity index (χ4n) is 2.28. The van der Waals surface area contributed by atoms with Crippen LogP contribution in [0.15, 0.2) is 0 Å². The van der Waals surface area contributed by atoms with Gasteiger partial charge in [0.2, 0.25) is 0 Å². The van der Waals surface area contributed by atoms with Crippen LogP contribution in [0.2, 0.25) is 0 Å². The molecule has 0 aromatic carbocycles. The zero-order valence-electron chi connectivity index (χ0n) is 11.8. The molecule has 108 valence electrons. The second kappa shape index (κ2) is 5.89. The highest BCUT2D eigenvalue weighted by atomic mass is 32.2. The van der Waals surface area contributed by atoms with Crippen molar-refractivity contribution in [3.63, 3.8) is 0 Å². The van der Waals surface area contributed by atoms with Crippen LogP contribution >= 0.6 is 11.3 Å². The maximum Gasteiger partial charge on any atom is 0.151 e. The molecule has 0 bridgehead atoms. The predicted octanol–water partition coefficient (Wildman–Crippen LogP) is 2.11. The van der Waals surface area contributed by atoms with Gasteiger partial charge in [-0.2, -0.15) is 0 Å². The number of rotatable bonds is 5. The quantitative estimate of drug-likeness (QED) is 0.905. The maximum atomic E-state index is 11.6. The van der Waals surface area contributed by atoms with Gasteiger partial charge in [-0.3, -0.25) is 0 Å². The normalized spacial score (nSPS) is 22.2. The van der Waals surface area contributed by atoms with Gasteiger partial charge in [-0.05, 0) is 12.8 Å². The summed E-state index contributed by atoms with van der Waals surface area (Å²) < 4.78 is 23.1. The third-order valence-corrected chi connectivity index (χ3v) is 6.41. The summed E-state index contributed by atoms with van der Waals surface area (Å²) in [7, 11) is -2.83. The van der Waals surface area contributed by atoms with E-state index in [-0.39, 0.29) is 11.7 Å². The van der Waals surface area contributed by atoms with Crippen molar-refractivity contribution in [2.24, 2.45) is 0 Å². The van der Waals surface area contributed by atoms with Crippen LogP contribution in [0.4, 0.5) is 0 Å². The van der Waals surface area contributed by atoms with E-state index in [1.54, 1.807) is 11.3 Å². The van der Waals surface area contributed by atoms with E-state index < -0.39 is 9.84 Å². The molecule has 6 heteroatoms. The number of thiazole rings is 1. The van der Waals surface area contributed by atoms with Crippen LogP contribution in [0.1, 0.15) is 48.7 Å². The standard InChI is InChI=1S/C13H22N2O2S2/c1-4-11-12(7-14-9(2)3)18-13(15-11)10-5-6-19(16,17)8-10/h9-10,14H,4-8H2,1-3H3. The van der Waals surface area contributed by atoms with Gasteiger partial charge in [0.05, 0.1) is 22.2 Å². The highest BCUT2D eigenvalue weighted by Crippen LogP contribution is 2.33. The van der Waals surface area contributed by atoms with Crippen molar-refractivity contribution in [1.29, 1.82) is 0 Å². The lowest BCUT2D eigenvalue weighted by atomic mass is 10.1. The molecule has 1 aliphatic heterocycles. The van der Waals surface area contributed by atoms with E-state index >= 15 is 0 Å². The van der Waals surface area contributed by atoms with Gasteiger partial charge in [-0.15, -0.1) is 11.3 Å². The smallest absolute Gasteiger partial charge is 0.151 e. The van der Waals surface area contributed by atoms with Gasteiger partial charge in [0.1, 0.15) is 0 Å². The molecule has 1 aromatic heterocycles. The SMILES string of the molecule is CCc1nc(C2CCS(=O)(=O)C2)sc1CNC(C)C. The van der Waals surface area contributed by atoms with Crippen LogP contribution in [-0.2, 0) is 22.8 Å². The molecule has 1 atom stereocenters. The summed E-state index contributed by atoms with van der Waals surface area (Å²) in [6.45, 7) is 7.18. The molecule has 2 heterocycles. The van der Waals surface area contributed by atoms with Crippen molar-refractivity contribution in [3.05, 3.63) is 15.6 Å². The van der Waals surface area contributed by atoms with Crippen molar-refractivity contribution < 1.29 is 8.42 Å². The Hall–Kier alpha value is -0.460. The largest absolute Gasteiger partial charge is 0.310 e. The van der Waals surface area contributed by atoms with Crippen molar-refractivity contribution in [2.75, 3.05) is 11.5 Å². The lowest BCUT2D eigenvalue weighted by Crippen LogP contribution is -2.21. The minimum Gasteiger partial charge on any atom is -0.310 e. The lowest BCUT2D eigenvalue weighted by Gasteiger charge is -2.06. The number of hydrogen-bond donors (Lipinski definition) is 1. The van der Waals surface area contributed by atoms with Crippen LogP contribution in [0.5, 0.6) is 0 Å². The van der Waals surface area contributed by atoms with E-state index in [9.17, 15) is 8.42 Å². The topological polar surface area (TPSA) is 59.1 Å². The van der Waals surface area contributed by atoms with Gasteiger partial charge >= 0.3 is 0 Å². The van der Waals surface area contributed by atoms with Gasteiger partial charge in [0, 0.05) is 23.4 Å². The molecule has 1 aromatic rings. The predicted molar refractivity (Wildman–Crippen MR) is 79.5 cm³/mol. The first-order chi connectivity index (χ1) is 8.91. The molecular formula is C13H22N2O2S2. The van der Waals surface area contributed by atoms with E-state index in [2.05, 4.69) is 31.1 Å². The summed E-state index contributed by atoms with van der Waals surface area (Å²) in [6, 6.07) is 0.446. The van der Waals surface area contributed by atoms with Crippen molar-refractivity contribution in [1.82, 2.24) is 10.3 Å². The van der Waals surface area contributed by atoms with E-state index in [0.717, 1.165) is 30.1 Å². The molecule has 2 rings (SSSR count). The van der Waals surface area contributed by atoms with Crippen LogP contribution in [0.3, 0.4) is 0 Å². The molecule has 0 aliphatic carbocycles. The molecule has 0 radical (unpaired) electrons. The average Bonchev–Trinajstić information content (AvgIpc) is 2.89. The summed E-state index contributed by atoms with van der Waals surface area (Å²) in [6.07, 6.45) is 1.64. The fourth-order valence-corrected chi connectivity index (χ4v) is 5.37. The molecule has 4 nitrogen and oxygen atoms in total. The van der Waals surface area contributed by atoms with E-state index in [0.29, 0.717) is 11.8 Å². The Bertz CT molecular complexity index is 535. The molecule has 19 heavy (non-hydrogen) atoms. The Morgan fingerprint density at radius 1 is 1.47 bits per heavy atom. The molecule has 1 unspecified atom stereocenters. The Morgan fingerprint density at radius 2 is 2.21 bits per heavy atom. The van der Waals surface area contributed by atoms with Crippen LogP contribution in [-0.4, -0.2) is 30.9 Å². The molecule has 1 fully saturated rings. The van der Waals surface area contributed by atoms with Crippen LogP contribution < -0.4 is 5.32 Å². The average molecular weight is 302 g/mol. The summed E-state index contributed by atoms with van der Waals surface area (Å²) in [5.74, 6) is 0.715. The lowest BCUT2D eigenvalue weighted by molar-refractivity contribution is 0.590. The fraction of sp³-hybridized carbons (Fsp3) is 0.769. The minimum absolute atomic E-state index is 0.119. The molecule has 1 aliphatic rings. The Morgan fingerprint density at radius 3 is 2.74 bits per heavy atom. The number of nitrogens with zero attached hydrogens (tertiary/aromatic N) is 1. The van der Waals surface area contributed by atoms with Crippen molar-refractivity contribution in [2.45, 2.75) is 52.1 Å². The van der Waals surface area contributed by atoms with Gasteiger partial charge in [0.15, 0.2) is 9.84 Å². The van der Waals surface area contributed by atoms with E-state index in [1.807, 2.05) is 0 Å². The molecule has 1 saturated heterocycles. The summed E-state index contributed by atoms with van der Waals surface area (Å²) in [5, 5.41) is 4.42. The number of aryl methyl sites for hydroxylation is 1. The number of sulfone groups is 1.